The van der Waals surface area contributed by atoms with Gasteiger partial charge in [0, 0.05) is 16.5 Å². The molecule has 0 saturated carbocycles. The molecule has 2 aromatic carbocycles. The van der Waals surface area contributed by atoms with Gasteiger partial charge in [-0.05, 0) is 42.4 Å². The number of benzene rings is 2. The largest absolute Gasteiger partial charge is 0.462 e. The van der Waals surface area contributed by atoms with E-state index in [0.29, 0.717) is 17.9 Å². The van der Waals surface area contributed by atoms with Crippen LogP contribution in [0.2, 0.25) is 0 Å². The molecule has 1 heterocycles. The van der Waals surface area contributed by atoms with E-state index in [-0.39, 0.29) is 42.4 Å². The van der Waals surface area contributed by atoms with E-state index in [1.165, 1.54) is 0 Å². The van der Waals surface area contributed by atoms with Gasteiger partial charge < -0.3 is 10.1 Å². The summed E-state index contributed by atoms with van der Waals surface area (Å²) in [6, 6.07) is 14.4. The number of carbonyl (C=O) groups excluding carboxylic acids is 2. The van der Waals surface area contributed by atoms with Crippen LogP contribution in [0.4, 0.5) is 5.69 Å². The van der Waals surface area contributed by atoms with Gasteiger partial charge in [-0.1, -0.05) is 22.9 Å². The highest BCUT2D eigenvalue weighted by atomic mass is 127. The lowest BCUT2D eigenvalue weighted by Gasteiger charge is -2.05. The summed E-state index contributed by atoms with van der Waals surface area (Å²) in [6.07, 6.45) is 3.56. The van der Waals surface area contributed by atoms with Crippen LogP contribution in [0.1, 0.15) is 17.3 Å². The molecule has 7 heteroatoms. The Hall–Kier alpha value is -2.55. The number of esters is 1. The summed E-state index contributed by atoms with van der Waals surface area (Å²) >= 11 is 0. The van der Waals surface area contributed by atoms with Gasteiger partial charge in [-0.2, -0.15) is 0 Å². The van der Waals surface area contributed by atoms with Crippen LogP contribution in [0.15, 0.2) is 60.9 Å². The molecule has 3 aromatic rings. The standard InChI is InChI=1S/C19H17N3O3.HI/c1-2-25-19(24)14-7-9-17(10-8-14)21-18(23)13-22-12-16-6-4-3-5-15(16)11-20-22;/h3-12H,2,13H2,1H3;1H/p+1. The Kier molecular flexibility index (Phi) is 7.02. The van der Waals surface area contributed by atoms with E-state index >= 15 is 0 Å². The van der Waals surface area contributed by atoms with Crippen LogP contribution >= 0.6 is 24.0 Å². The molecule has 0 radical (unpaired) electrons. The Labute approximate surface area is 168 Å². The fourth-order valence-corrected chi connectivity index (χ4v) is 2.41. The lowest BCUT2D eigenvalue weighted by atomic mass is 10.2. The molecule has 0 aliphatic heterocycles. The van der Waals surface area contributed by atoms with E-state index in [9.17, 15) is 9.59 Å². The van der Waals surface area contributed by atoms with Crippen molar-refractivity contribution in [3.8, 4) is 0 Å². The predicted molar refractivity (Wildman–Crippen MR) is 108 cm³/mol. The van der Waals surface area contributed by atoms with E-state index in [4.69, 9.17) is 4.74 Å². The first-order valence-electron chi connectivity index (χ1n) is 7.97. The zero-order valence-corrected chi connectivity index (χ0v) is 16.5. The van der Waals surface area contributed by atoms with Crippen molar-refractivity contribution in [1.29, 1.82) is 0 Å². The molecular weight excluding hydrogens is 445 g/mol. The molecule has 0 saturated heterocycles. The van der Waals surface area contributed by atoms with Gasteiger partial charge in [0.05, 0.1) is 12.2 Å². The van der Waals surface area contributed by atoms with E-state index in [2.05, 4.69) is 10.4 Å². The molecule has 26 heavy (non-hydrogen) atoms. The first-order chi connectivity index (χ1) is 12.2. The van der Waals surface area contributed by atoms with Gasteiger partial charge in [0.15, 0.2) is 0 Å². The number of ether oxygens (including phenoxy) is 1. The van der Waals surface area contributed by atoms with E-state index < -0.39 is 0 Å². The molecule has 3 rings (SSSR count). The summed E-state index contributed by atoms with van der Waals surface area (Å²) in [5, 5.41) is 9.07. The highest BCUT2D eigenvalue weighted by Crippen LogP contribution is 2.11. The second kappa shape index (κ2) is 9.23. The number of nitrogens with one attached hydrogen (secondary N) is 1. The maximum absolute atomic E-state index is 12.2. The zero-order valence-electron chi connectivity index (χ0n) is 14.2. The Morgan fingerprint density at radius 1 is 1.08 bits per heavy atom. The van der Waals surface area contributed by atoms with E-state index in [1.54, 1.807) is 42.1 Å². The normalized spacial score (nSPS) is 10.0. The first kappa shape index (κ1) is 19.8. The van der Waals surface area contributed by atoms with Crippen molar-refractivity contribution in [1.82, 2.24) is 5.10 Å². The molecular formula is C19H19IN3O3+. The van der Waals surface area contributed by atoms with Crippen LogP contribution in [-0.2, 0) is 16.1 Å². The number of fused-ring (bicyclic) bond motifs is 1. The fourth-order valence-electron chi connectivity index (χ4n) is 2.41. The monoisotopic (exact) mass is 464 g/mol. The molecule has 0 aliphatic rings. The minimum Gasteiger partial charge on any atom is -0.462 e. The van der Waals surface area contributed by atoms with Gasteiger partial charge >= 0.3 is 5.97 Å². The van der Waals surface area contributed by atoms with Crippen molar-refractivity contribution in [3.05, 3.63) is 66.5 Å². The molecule has 1 amide bonds. The van der Waals surface area contributed by atoms with Gasteiger partial charge in [-0.25, -0.2) is 4.79 Å². The maximum Gasteiger partial charge on any atom is 0.338 e. The molecule has 6 nitrogen and oxygen atoms in total. The third kappa shape index (κ3) is 4.98. The van der Waals surface area contributed by atoms with Gasteiger partial charge in [-0.15, -0.1) is 24.0 Å². The van der Waals surface area contributed by atoms with Crippen molar-refractivity contribution >= 4 is 52.3 Å². The number of aromatic nitrogens is 2. The minimum absolute atomic E-state index is 0. The molecule has 0 fully saturated rings. The average molecular weight is 464 g/mol. The number of carbonyl (C=O) groups is 2. The van der Waals surface area contributed by atoms with Crippen LogP contribution in [0.25, 0.3) is 10.8 Å². The number of hydrogen-bond acceptors (Lipinski definition) is 4. The molecule has 1 N–H and O–H groups in total. The van der Waals surface area contributed by atoms with Crippen LogP contribution in [0.3, 0.4) is 0 Å². The first-order valence-corrected chi connectivity index (χ1v) is 7.97. The predicted octanol–water partition coefficient (Wildman–Crippen LogP) is 2.96. The Morgan fingerprint density at radius 3 is 2.46 bits per heavy atom. The second-order valence-electron chi connectivity index (χ2n) is 5.45. The number of anilines is 1. The van der Waals surface area contributed by atoms with Crippen LogP contribution < -0.4 is 10.00 Å². The van der Waals surface area contributed by atoms with E-state index in [1.807, 2.05) is 30.5 Å². The average Bonchev–Trinajstić information content (AvgIpc) is 2.62. The smallest absolute Gasteiger partial charge is 0.338 e. The van der Waals surface area contributed by atoms with Crippen molar-refractivity contribution < 1.29 is 19.0 Å². The number of halogens is 1. The summed E-state index contributed by atoms with van der Waals surface area (Å²) < 4.78 is 6.51. The lowest BCUT2D eigenvalue weighted by molar-refractivity contribution is -0.740. The maximum atomic E-state index is 12.2. The molecule has 134 valence electrons. The Morgan fingerprint density at radius 2 is 1.77 bits per heavy atom. The summed E-state index contributed by atoms with van der Waals surface area (Å²) in [5.74, 6) is -0.576. The quantitative estimate of drug-likeness (QED) is 0.358. The van der Waals surface area contributed by atoms with Crippen molar-refractivity contribution in [2.45, 2.75) is 13.5 Å². The molecule has 0 aliphatic carbocycles. The Balaban J connectivity index is 0.00000243. The number of amides is 1. The number of hydrogen-bond donors (Lipinski definition) is 1. The SMILES string of the molecule is CCOC(=O)c1ccc(NC(=O)C[n+]2cc3ccccc3cn2)cc1.I. The molecule has 1 aromatic heterocycles. The van der Waals surface area contributed by atoms with Crippen LogP contribution in [0.5, 0.6) is 0 Å². The van der Waals surface area contributed by atoms with Gasteiger partial charge in [0.2, 0.25) is 6.20 Å². The topological polar surface area (TPSA) is 72.2 Å². The number of nitrogens with zero attached hydrogens (tertiary/aromatic N) is 2. The van der Waals surface area contributed by atoms with Crippen molar-refractivity contribution in [3.63, 3.8) is 0 Å². The fraction of sp³-hybridized carbons (Fsp3) is 0.158. The third-order valence-electron chi connectivity index (χ3n) is 3.61. The molecule has 0 spiro atoms. The van der Waals surface area contributed by atoms with Gasteiger partial charge in [-0.3, -0.25) is 4.79 Å². The van der Waals surface area contributed by atoms with E-state index in [0.717, 1.165) is 10.8 Å². The van der Waals surface area contributed by atoms with Crippen molar-refractivity contribution in [2.24, 2.45) is 0 Å². The second-order valence-corrected chi connectivity index (χ2v) is 5.45. The zero-order chi connectivity index (χ0) is 17.6. The van der Waals surface area contributed by atoms with Crippen LogP contribution in [0, 0.1) is 0 Å². The molecule has 0 unspecified atom stereocenters. The summed E-state index contributed by atoms with van der Waals surface area (Å²) in [7, 11) is 0. The van der Waals surface area contributed by atoms with Gasteiger partial charge in [0.25, 0.3) is 12.5 Å². The summed E-state index contributed by atoms with van der Waals surface area (Å²) in [6.45, 7) is 2.18. The number of rotatable bonds is 5. The molecule has 0 bridgehead atoms. The highest BCUT2D eigenvalue weighted by Gasteiger charge is 2.13. The third-order valence-corrected chi connectivity index (χ3v) is 3.61. The highest BCUT2D eigenvalue weighted by molar-refractivity contribution is 14.0. The summed E-state index contributed by atoms with van der Waals surface area (Å²) in [4.78, 5) is 23.8. The van der Waals surface area contributed by atoms with Crippen LogP contribution in [-0.4, -0.2) is 23.6 Å². The summed E-state index contributed by atoms with van der Waals surface area (Å²) in [5.41, 5.74) is 1.06. The minimum atomic E-state index is -0.378. The van der Waals surface area contributed by atoms with Gasteiger partial charge in [0.1, 0.15) is 6.20 Å². The lowest BCUT2D eigenvalue weighted by Crippen LogP contribution is -2.43. The molecule has 0 atom stereocenters. The Bertz CT molecular complexity index is 913. The van der Waals surface area contributed by atoms with Crippen molar-refractivity contribution in [2.75, 3.05) is 11.9 Å².